The number of aromatic nitrogens is 4. The van der Waals surface area contributed by atoms with Crippen LogP contribution in [0.4, 0.5) is 0 Å². The third-order valence-electron chi connectivity index (χ3n) is 14.1. The summed E-state index contributed by atoms with van der Waals surface area (Å²) in [6.07, 6.45) is 0. The maximum absolute atomic E-state index is 6.36. The molecule has 5 heteroatoms. The molecular weight excluding hydrogens is 817 g/mol. The fraction of sp³-hybridized carbons (Fsp3) is 0. The molecule has 0 N–H and O–H groups in total. The van der Waals surface area contributed by atoms with Gasteiger partial charge in [0, 0.05) is 59.6 Å². The summed E-state index contributed by atoms with van der Waals surface area (Å²) in [4.78, 5) is 10.8. The Morgan fingerprint density at radius 3 is 1.82 bits per heavy atom. The quantitative estimate of drug-likeness (QED) is 0.177. The zero-order valence-electron chi connectivity index (χ0n) is 36.0. The maximum atomic E-state index is 6.36. The largest absolute Gasteiger partial charge is 0.456 e. The number of fused-ring (bicyclic) bond motifs is 14. The second-order valence-corrected chi connectivity index (χ2v) is 17.6. The Balaban J connectivity index is 0.975. The van der Waals surface area contributed by atoms with Crippen LogP contribution < -0.4 is 0 Å². The Bertz CT molecular complexity index is 4590. The molecule has 0 radical (unpaired) electrons. The van der Waals surface area contributed by atoms with Crippen LogP contribution in [0.1, 0.15) is 0 Å². The van der Waals surface area contributed by atoms with E-state index in [9.17, 15) is 0 Å². The first-order valence-corrected chi connectivity index (χ1v) is 22.8. The van der Waals surface area contributed by atoms with Crippen molar-refractivity contribution >= 4 is 109 Å². The summed E-state index contributed by atoms with van der Waals surface area (Å²) in [5.74, 6) is 0.679. The van der Waals surface area contributed by atoms with E-state index in [1.54, 1.807) is 0 Å². The van der Waals surface area contributed by atoms with Gasteiger partial charge in [0.25, 0.3) is 0 Å². The fourth-order valence-corrected chi connectivity index (χ4v) is 11.2. The highest BCUT2D eigenvalue weighted by atomic mass is 16.3. The molecule has 0 aliphatic rings. The van der Waals surface area contributed by atoms with Crippen LogP contribution in [0, 0.1) is 0 Å². The first-order chi connectivity index (χ1) is 33.2. The molecule has 0 amide bonds. The van der Waals surface area contributed by atoms with E-state index < -0.39 is 0 Å². The van der Waals surface area contributed by atoms with E-state index in [0.29, 0.717) is 5.82 Å². The van der Waals surface area contributed by atoms with Gasteiger partial charge in [0.1, 0.15) is 11.2 Å². The molecule has 0 atom stereocenters. The minimum Gasteiger partial charge on any atom is -0.456 e. The molecule has 5 nitrogen and oxygen atoms in total. The standard InChI is InChI=1S/C62H36N4O/c1-2-17-39-37(15-1)33-34-55-59(39)45-20-5-9-28-53(45)65(55)54-29-11-16-38-35-49-42-18-4-8-27-51(42)66(56(49)36-48(38)54)52-30-13-22-40-41(52)23-12-24-43(40)62-63-50-26-7-3-19-44(50)61(64-62)47-25-14-32-58-60(47)46-21-6-10-31-57(46)67-58/h1-36H. The van der Waals surface area contributed by atoms with Gasteiger partial charge < -0.3 is 13.6 Å². The smallest absolute Gasteiger partial charge is 0.161 e. The minimum absolute atomic E-state index is 0.679. The van der Waals surface area contributed by atoms with E-state index in [2.05, 4.69) is 209 Å². The number of benzene rings is 11. The van der Waals surface area contributed by atoms with Gasteiger partial charge in [-0.05, 0) is 82.2 Å². The van der Waals surface area contributed by atoms with Crippen LogP contribution >= 0.6 is 0 Å². The lowest BCUT2D eigenvalue weighted by molar-refractivity contribution is 0.669. The van der Waals surface area contributed by atoms with Crippen LogP contribution in [-0.4, -0.2) is 19.1 Å². The third kappa shape index (κ3) is 5.14. The molecule has 0 fully saturated rings. The average Bonchev–Trinajstić information content (AvgIpc) is 4.05. The van der Waals surface area contributed by atoms with E-state index in [1.165, 1.54) is 54.1 Å². The molecule has 0 saturated heterocycles. The molecule has 4 heterocycles. The number of nitrogens with zero attached hydrogens (tertiary/aromatic N) is 4. The van der Waals surface area contributed by atoms with E-state index in [4.69, 9.17) is 14.4 Å². The van der Waals surface area contributed by atoms with Crippen LogP contribution in [0.3, 0.4) is 0 Å². The lowest BCUT2D eigenvalue weighted by atomic mass is 9.99. The van der Waals surface area contributed by atoms with Crippen molar-refractivity contribution < 1.29 is 4.42 Å². The van der Waals surface area contributed by atoms with Crippen molar-refractivity contribution in [3.8, 4) is 34.0 Å². The first kappa shape index (κ1) is 36.3. The monoisotopic (exact) mass is 852 g/mol. The molecule has 0 aliphatic heterocycles. The second-order valence-electron chi connectivity index (χ2n) is 17.6. The van der Waals surface area contributed by atoms with E-state index in [0.717, 1.165) is 82.8 Å². The Labute approximate surface area is 383 Å². The summed E-state index contributed by atoms with van der Waals surface area (Å²) in [5, 5.41) is 15.2. The van der Waals surface area contributed by atoms with Gasteiger partial charge in [0.05, 0.1) is 44.7 Å². The normalized spacial score (nSPS) is 12.2. The van der Waals surface area contributed by atoms with Crippen molar-refractivity contribution in [2.24, 2.45) is 0 Å². The molecule has 0 spiro atoms. The van der Waals surface area contributed by atoms with Gasteiger partial charge in [0.15, 0.2) is 5.82 Å². The van der Waals surface area contributed by atoms with Gasteiger partial charge in [-0.25, -0.2) is 9.97 Å². The summed E-state index contributed by atoms with van der Waals surface area (Å²) in [6.45, 7) is 0. The summed E-state index contributed by atoms with van der Waals surface area (Å²) >= 11 is 0. The second kappa shape index (κ2) is 13.7. The van der Waals surface area contributed by atoms with E-state index in [1.807, 2.05) is 18.2 Å². The Morgan fingerprint density at radius 1 is 0.313 bits per heavy atom. The van der Waals surface area contributed by atoms with Crippen LogP contribution in [-0.2, 0) is 0 Å². The molecule has 11 aromatic carbocycles. The number of rotatable bonds is 4. The molecule has 0 unspecified atom stereocenters. The van der Waals surface area contributed by atoms with Gasteiger partial charge in [-0.3, -0.25) is 0 Å². The third-order valence-corrected chi connectivity index (χ3v) is 14.1. The SMILES string of the molecule is c1cc(-n2c3ccccc3c3c4ccccc4ccc32)c2cc3c(cc2c1)c1ccccc1n3-c1cccc2c(-c3nc(-c4cccc5oc6ccccc6c45)c4ccccc4n3)cccc12. The molecule has 67 heavy (non-hydrogen) atoms. The van der Waals surface area contributed by atoms with Crippen LogP contribution in [0.25, 0.3) is 143 Å². The molecule has 15 rings (SSSR count). The Morgan fingerprint density at radius 2 is 0.925 bits per heavy atom. The highest BCUT2D eigenvalue weighted by Gasteiger charge is 2.22. The Kier molecular flexibility index (Phi) is 7.44. The van der Waals surface area contributed by atoms with Crippen molar-refractivity contribution in [2.45, 2.75) is 0 Å². The van der Waals surface area contributed by atoms with Crippen LogP contribution in [0.2, 0.25) is 0 Å². The van der Waals surface area contributed by atoms with Gasteiger partial charge >= 0.3 is 0 Å². The summed E-state index contributed by atoms with van der Waals surface area (Å²) in [5.41, 5.74) is 12.4. The first-order valence-electron chi connectivity index (χ1n) is 22.8. The lowest BCUT2D eigenvalue weighted by Gasteiger charge is -2.16. The summed E-state index contributed by atoms with van der Waals surface area (Å²) in [6, 6.07) is 78.5. The van der Waals surface area contributed by atoms with Crippen LogP contribution in [0.5, 0.6) is 0 Å². The van der Waals surface area contributed by atoms with Gasteiger partial charge in [-0.15, -0.1) is 0 Å². The van der Waals surface area contributed by atoms with Gasteiger partial charge in [-0.2, -0.15) is 0 Å². The average molecular weight is 853 g/mol. The predicted molar refractivity (Wildman–Crippen MR) is 279 cm³/mol. The number of furan rings is 1. The van der Waals surface area contributed by atoms with Crippen molar-refractivity contribution in [2.75, 3.05) is 0 Å². The number of para-hydroxylation sites is 4. The molecule has 0 bridgehead atoms. The highest BCUT2D eigenvalue weighted by molar-refractivity contribution is 6.23. The maximum Gasteiger partial charge on any atom is 0.161 e. The van der Waals surface area contributed by atoms with E-state index in [-0.39, 0.29) is 0 Å². The van der Waals surface area contributed by atoms with Crippen molar-refractivity contribution in [1.29, 1.82) is 0 Å². The molecule has 0 aliphatic carbocycles. The fourth-order valence-electron chi connectivity index (χ4n) is 11.2. The summed E-state index contributed by atoms with van der Waals surface area (Å²) in [7, 11) is 0. The zero-order chi connectivity index (χ0) is 43.7. The molecule has 0 saturated carbocycles. The van der Waals surface area contributed by atoms with Crippen molar-refractivity contribution in [3.05, 3.63) is 218 Å². The number of hydrogen-bond donors (Lipinski definition) is 0. The molecule has 4 aromatic heterocycles. The summed E-state index contributed by atoms with van der Waals surface area (Å²) < 4.78 is 11.3. The van der Waals surface area contributed by atoms with Gasteiger partial charge in [-0.1, -0.05) is 158 Å². The lowest BCUT2D eigenvalue weighted by Crippen LogP contribution is -1.99. The topological polar surface area (TPSA) is 48.8 Å². The zero-order valence-corrected chi connectivity index (χ0v) is 36.0. The number of hydrogen-bond acceptors (Lipinski definition) is 3. The highest BCUT2D eigenvalue weighted by Crippen LogP contribution is 2.44. The van der Waals surface area contributed by atoms with Crippen molar-refractivity contribution in [3.63, 3.8) is 0 Å². The molecule has 15 aromatic rings. The van der Waals surface area contributed by atoms with Crippen LogP contribution in [0.15, 0.2) is 223 Å². The Hall–Kier alpha value is -9.06. The predicted octanol–water partition coefficient (Wildman–Crippen LogP) is 16.5. The molecule has 310 valence electrons. The molecular formula is C62H36N4O. The van der Waals surface area contributed by atoms with E-state index >= 15 is 0 Å². The van der Waals surface area contributed by atoms with Gasteiger partial charge in [0.2, 0.25) is 0 Å². The van der Waals surface area contributed by atoms with Crippen molar-refractivity contribution in [1.82, 2.24) is 19.1 Å². The minimum atomic E-state index is 0.679.